The molecule has 6 nitrogen and oxygen atoms in total. The van der Waals surface area contributed by atoms with Crippen molar-refractivity contribution in [1.82, 2.24) is 10.4 Å². The smallest absolute Gasteiger partial charge is 0.319 e. The van der Waals surface area contributed by atoms with Gasteiger partial charge in [-0.15, -0.1) is 0 Å². The van der Waals surface area contributed by atoms with Crippen LogP contribution >= 0.6 is 34.8 Å². The third kappa shape index (κ3) is 6.05. The Labute approximate surface area is 206 Å². The Morgan fingerprint density at radius 1 is 1.03 bits per heavy atom. The van der Waals surface area contributed by atoms with Gasteiger partial charge in [0, 0.05) is 11.2 Å². The van der Waals surface area contributed by atoms with E-state index >= 15 is 0 Å². The summed E-state index contributed by atoms with van der Waals surface area (Å²) in [4.78, 5) is 28.9. The maximum atomic E-state index is 12.8. The molecule has 0 atom stereocenters. The number of hydrazone groups is 1. The highest BCUT2D eigenvalue weighted by Crippen LogP contribution is 2.33. The van der Waals surface area contributed by atoms with Gasteiger partial charge in [0.05, 0.1) is 33.1 Å². The molecule has 2 N–H and O–H groups in total. The van der Waals surface area contributed by atoms with Crippen molar-refractivity contribution in [3.05, 3.63) is 91.7 Å². The molecule has 34 heavy (non-hydrogen) atoms. The number of hydrogen-bond donors (Lipinski definition) is 2. The van der Waals surface area contributed by atoms with E-state index in [1.165, 1.54) is 18.3 Å². The molecule has 0 aliphatic rings. The predicted molar refractivity (Wildman–Crippen MR) is 125 cm³/mol. The van der Waals surface area contributed by atoms with Crippen molar-refractivity contribution in [2.75, 3.05) is 5.32 Å². The lowest BCUT2D eigenvalue weighted by Gasteiger charge is -2.14. The molecule has 12 heteroatoms. The Balaban J connectivity index is 1.86. The second-order valence-corrected chi connectivity index (χ2v) is 8.12. The van der Waals surface area contributed by atoms with Crippen LogP contribution in [0.3, 0.4) is 0 Å². The van der Waals surface area contributed by atoms with E-state index in [0.29, 0.717) is 12.3 Å². The number of carbonyl (C=O) groups excluding carboxylic acids is 2. The summed E-state index contributed by atoms with van der Waals surface area (Å²) in [6, 6.07) is 10.4. The highest BCUT2D eigenvalue weighted by atomic mass is 35.5. The summed E-state index contributed by atoms with van der Waals surface area (Å²) in [7, 11) is 0. The molecule has 1 aromatic heterocycles. The summed E-state index contributed by atoms with van der Waals surface area (Å²) in [5, 5.41) is 5.71. The van der Waals surface area contributed by atoms with E-state index in [4.69, 9.17) is 34.8 Å². The van der Waals surface area contributed by atoms with Crippen LogP contribution in [-0.4, -0.2) is 23.0 Å². The van der Waals surface area contributed by atoms with Gasteiger partial charge in [-0.3, -0.25) is 9.59 Å². The van der Waals surface area contributed by atoms with Crippen molar-refractivity contribution in [2.24, 2.45) is 5.10 Å². The summed E-state index contributed by atoms with van der Waals surface area (Å²) in [6.07, 6.45) is -2.78. The molecule has 2 amide bonds. The van der Waals surface area contributed by atoms with Crippen molar-refractivity contribution in [3.63, 3.8) is 0 Å². The van der Waals surface area contributed by atoms with Crippen LogP contribution in [0.1, 0.15) is 37.5 Å². The van der Waals surface area contributed by atoms with Gasteiger partial charge in [-0.05, 0) is 36.2 Å². The molecule has 0 bridgehead atoms. The van der Waals surface area contributed by atoms with E-state index in [0.717, 1.165) is 11.1 Å². The van der Waals surface area contributed by atoms with Crippen LogP contribution in [0.2, 0.25) is 15.1 Å². The third-order valence-corrected chi connectivity index (χ3v) is 5.28. The number of pyridine rings is 1. The normalized spacial score (nSPS) is 11.5. The molecular weight excluding hydrogens is 516 g/mol. The van der Waals surface area contributed by atoms with Crippen molar-refractivity contribution in [3.8, 4) is 0 Å². The number of nitrogens with zero attached hydrogens (tertiary/aromatic N) is 2. The van der Waals surface area contributed by atoms with Crippen LogP contribution in [0, 0.1) is 6.92 Å². The van der Waals surface area contributed by atoms with Crippen molar-refractivity contribution >= 4 is 58.5 Å². The summed E-state index contributed by atoms with van der Waals surface area (Å²) >= 11 is 18.0. The summed E-state index contributed by atoms with van der Waals surface area (Å²) in [6.45, 7) is 1.87. The minimum Gasteiger partial charge on any atom is -0.319 e. The molecule has 0 fully saturated rings. The monoisotopic (exact) mass is 528 g/mol. The number of alkyl halides is 3. The van der Waals surface area contributed by atoms with Crippen LogP contribution in [0.15, 0.2) is 53.8 Å². The third-order valence-electron chi connectivity index (χ3n) is 4.48. The van der Waals surface area contributed by atoms with Crippen LogP contribution in [0.5, 0.6) is 0 Å². The largest absolute Gasteiger partial charge is 0.417 e. The lowest BCUT2D eigenvalue weighted by Crippen LogP contribution is -2.22. The van der Waals surface area contributed by atoms with Gasteiger partial charge in [0.15, 0.2) is 0 Å². The Kier molecular flexibility index (Phi) is 7.81. The molecular formula is C22H14Cl3F3N4O2. The number of halogens is 6. The molecule has 176 valence electrons. The fourth-order valence-corrected chi connectivity index (χ4v) is 3.56. The van der Waals surface area contributed by atoms with Gasteiger partial charge in [0.1, 0.15) is 5.69 Å². The Morgan fingerprint density at radius 2 is 1.74 bits per heavy atom. The summed E-state index contributed by atoms with van der Waals surface area (Å²) in [5.74, 6) is -1.74. The van der Waals surface area contributed by atoms with Crippen molar-refractivity contribution < 1.29 is 22.8 Å². The Bertz CT molecular complexity index is 1300. The minimum absolute atomic E-state index is 0.0988. The van der Waals surface area contributed by atoms with Gasteiger partial charge in [-0.2, -0.15) is 18.3 Å². The first-order valence-electron chi connectivity index (χ1n) is 9.39. The topological polar surface area (TPSA) is 83.5 Å². The molecule has 0 saturated heterocycles. The van der Waals surface area contributed by atoms with Crippen molar-refractivity contribution in [2.45, 2.75) is 13.1 Å². The maximum absolute atomic E-state index is 12.8. The second kappa shape index (κ2) is 10.4. The van der Waals surface area contributed by atoms with E-state index in [2.05, 4.69) is 20.8 Å². The van der Waals surface area contributed by atoms with Crippen LogP contribution in [0.4, 0.5) is 18.9 Å². The maximum Gasteiger partial charge on any atom is 0.417 e. The quantitative estimate of drug-likeness (QED) is 0.297. The van der Waals surface area contributed by atoms with E-state index in [-0.39, 0.29) is 21.3 Å². The van der Waals surface area contributed by atoms with Gasteiger partial charge in [0.25, 0.3) is 11.8 Å². The van der Waals surface area contributed by atoms with Crippen LogP contribution in [0.25, 0.3) is 0 Å². The molecule has 3 rings (SSSR count). The average Bonchev–Trinajstić information content (AvgIpc) is 2.75. The van der Waals surface area contributed by atoms with E-state index in [1.54, 1.807) is 12.1 Å². The van der Waals surface area contributed by atoms with Gasteiger partial charge in [-0.1, -0.05) is 59.1 Å². The lowest BCUT2D eigenvalue weighted by molar-refractivity contribution is -0.137. The van der Waals surface area contributed by atoms with E-state index < -0.39 is 34.3 Å². The first-order valence-corrected chi connectivity index (χ1v) is 10.5. The fraction of sp³-hybridized carbons (Fsp3) is 0.0909. The standard InChI is InChI=1S/C22H14Cl3F3N4O2/c1-11-4-2-3-5-12(11)9-30-32-20(33)15-7-14(23)8-17(25)18(15)31-21(34)19-16(24)6-13(10-29-19)22(26,27)28/h2-10H,1H3,(H,31,34)(H,32,33). The molecule has 0 aliphatic carbocycles. The van der Waals surface area contributed by atoms with Gasteiger partial charge < -0.3 is 5.32 Å². The average molecular weight is 530 g/mol. The molecule has 2 aromatic carbocycles. The van der Waals surface area contributed by atoms with Crippen LogP contribution < -0.4 is 10.7 Å². The fourth-order valence-electron chi connectivity index (χ4n) is 2.76. The lowest BCUT2D eigenvalue weighted by atomic mass is 10.1. The van der Waals surface area contributed by atoms with E-state index in [9.17, 15) is 22.8 Å². The van der Waals surface area contributed by atoms with Crippen LogP contribution in [-0.2, 0) is 6.18 Å². The second-order valence-electron chi connectivity index (χ2n) is 6.87. The zero-order valence-corrected chi connectivity index (χ0v) is 19.4. The Morgan fingerprint density at radius 3 is 2.38 bits per heavy atom. The number of rotatable bonds is 5. The molecule has 0 aliphatic heterocycles. The minimum atomic E-state index is -4.69. The SMILES string of the molecule is Cc1ccccc1C=NNC(=O)c1cc(Cl)cc(Cl)c1NC(=O)c1ncc(C(F)(F)F)cc1Cl. The number of carbonyl (C=O) groups is 2. The number of aryl methyl sites for hydroxylation is 1. The molecule has 0 saturated carbocycles. The highest BCUT2D eigenvalue weighted by Gasteiger charge is 2.32. The number of nitrogens with one attached hydrogen (secondary N) is 2. The summed E-state index contributed by atoms with van der Waals surface area (Å²) < 4.78 is 38.5. The number of amides is 2. The highest BCUT2D eigenvalue weighted by molar-refractivity contribution is 6.38. The molecule has 0 unspecified atom stereocenters. The molecule has 0 radical (unpaired) electrons. The first-order chi connectivity index (χ1) is 16.0. The number of aromatic nitrogens is 1. The Hall–Kier alpha value is -3.14. The van der Waals surface area contributed by atoms with Gasteiger partial charge >= 0.3 is 6.18 Å². The molecule has 3 aromatic rings. The van der Waals surface area contributed by atoms with Gasteiger partial charge in [0.2, 0.25) is 0 Å². The zero-order chi connectivity index (χ0) is 25.0. The predicted octanol–water partition coefficient (Wildman–Crippen LogP) is 6.39. The van der Waals surface area contributed by atoms with E-state index in [1.807, 2.05) is 19.1 Å². The first kappa shape index (κ1) is 25.5. The zero-order valence-electron chi connectivity index (χ0n) is 17.2. The molecule has 0 spiro atoms. The number of hydrogen-bond acceptors (Lipinski definition) is 4. The number of benzene rings is 2. The van der Waals surface area contributed by atoms with Gasteiger partial charge in [-0.25, -0.2) is 10.4 Å². The molecule has 1 heterocycles. The number of anilines is 1. The summed E-state index contributed by atoms with van der Waals surface area (Å²) in [5.41, 5.74) is 2.10. The van der Waals surface area contributed by atoms with Crippen molar-refractivity contribution in [1.29, 1.82) is 0 Å².